The van der Waals surface area contributed by atoms with E-state index in [0.717, 1.165) is 11.3 Å². The molecule has 0 heterocycles. The molecule has 3 aromatic carbocycles. The summed E-state index contributed by atoms with van der Waals surface area (Å²) in [7, 11) is 1.60. The van der Waals surface area contributed by atoms with Crippen LogP contribution in [-0.2, 0) is 0 Å². The summed E-state index contributed by atoms with van der Waals surface area (Å²) in [5.74, 6) is 0.597. The largest absolute Gasteiger partial charge is 0.497 e. The average molecular weight is 367 g/mol. The second-order valence-corrected chi connectivity index (χ2v) is 6.32. The molecule has 0 unspecified atom stereocenters. The molecule has 0 fully saturated rings. The lowest BCUT2D eigenvalue weighted by Gasteiger charge is -2.13. The van der Waals surface area contributed by atoms with Crippen molar-refractivity contribution in [1.29, 1.82) is 0 Å². The highest BCUT2D eigenvalue weighted by Gasteiger charge is 2.15. The van der Waals surface area contributed by atoms with Crippen LogP contribution in [0.4, 0.5) is 17.1 Å². The number of methoxy groups -OCH3 is 1. The summed E-state index contributed by atoms with van der Waals surface area (Å²) >= 11 is 6.37. The van der Waals surface area contributed by atoms with Gasteiger partial charge in [-0.2, -0.15) is 0 Å². The van der Waals surface area contributed by atoms with Gasteiger partial charge in [0.15, 0.2) is 5.78 Å². The summed E-state index contributed by atoms with van der Waals surface area (Å²) in [5.41, 5.74) is 10.0. The number of aryl methyl sites for hydroxylation is 1. The summed E-state index contributed by atoms with van der Waals surface area (Å²) in [4.78, 5) is 12.8. The monoisotopic (exact) mass is 366 g/mol. The molecule has 3 aromatic rings. The quantitative estimate of drug-likeness (QED) is 0.480. The Bertz CT molecular complexity index is 970. The number of anilines is 3. The standard InChI is InChI=1S/C21H19ClN2O2/c1-13-5-3-4-6-16(13)21(25)17-9-7-14(11-18(17)22)24-20-12-15(26-2)8-10-19(20)23/h3-12,24H,23H2,1-2H3. The number of carbonyl (C=O) groups excluding carboxylic acids is 1. The van der Waals surface area contributed by atoms with E-state index in [1.54, 1.807) is 49.6 Å². The fourth-order valence-corrected chi connectivity index (χ4v) is 2.94. The van der Waals surface area contributed by atoms with Gasteiger partial charge in [-0.15, -0.1) is 0 Å². The third-order valence-corrected chi connectivity index (χ3v) is 4.46. The highest BCUT2D eigenvalue weighted by molar-refractivity contribution is 6.35. The van der Waals surface area contributed by atoms with Crippen LogP contribution >= 0.6 is 11.6 Å². The van der Waals surface area contributed by atoms with Crippen LogP contribution in [0, 0.1) is 6.92 Å². The van der Waals surface area contributed by atoms with Gasteiger partial charge in [-0.3, -0.25) is 4.79 Å². The summed E-state index contributed by atoms with van der Waals surface area (Å²) in [5, 5.41) is 3.58. The molecular formula is C21H19ClN2O2. The van der Waals surface area contributed by atoms with E-state index in [2.05, 4.69) is 5.32 Å². The van der Waals surface area contributed by atoms with Gasteiger partial charge in [0.2, 0.25) is 0 Å². The van der Waals surface area contributed by atoms with Crippen LogP contribution in [0.5, 0.6) is 5.75 Å². The molecule has 0 atom stereocenters. The van der Waals surface area contributed by atoms with Crippen LogP contribution in [0.3, 0.4) is 0 Å². The highest BCUT2D eigenvalue weighted by Crippen LogP contribution is 2.30. The lowest BCUT2D eigenvalue weighted by molar-refractivity contribution is 0.103. The Kier molecular flexibility index (Phi) is 5.14. The maximum absolute atomic E-state index is 12.8. The maximum Gasteiger partial charge on any atom is 0.194 e. The number of nitrogens with two attached hydrogens (primary N) is 1. The number of benzene rings is 3. The first-order valence-corrected chi connectivity index (χ1v) is 8.48. The van der Waals surface area contributed by atoms with Gasteiger partial charge in [-0.05, 0) is 42.8 Å². The molecule has 3 rings (SSSR count). The van der Waals surface area contributed by atoms with Crippen LogP contribution in [0.1, 0.15) is 21.5 Å². The van der Waals surface area contributed by atoms with Crippen molar-refractivity contribution in [2.75, 3.05) is 18.2 Å². The van der Waals surface area contributed by atoms with Crippen LogP contribution in [0.25, 0.3) is 0 Å². The zero-order valence-corrected chi connectivity index (χ0v) is 15.3. The molecule has 0 spiro atoms. The predicted molar refractivity (Wildman–Crippen MR) is 107 cm³/mol. The van der Waals surface area contributed by atoms with E-state index in [4.69, 9.17) is 22.1 Å². The first kappa shape index (κ1) is 17.8. The summed E-state index contributed by atoms with van der Waals surface area (Å²) < 4.78 is 5.22. The molecule has 5 heteroatoms. The molecular weight excluding hydrogens is 348 g/mol. The van der Waals surface area contributed by atoms with E-state index in [0.29, 0.717) is 33.3 Å². The molecule has 26 heavy (non-hydrogen) atoms. The molecule has 3 N–H and O–H groups in total. The van der Waals surface area contributed by atoms with E-state index >= 15 is 0 Å². The Morgan fingerprint density at radius 3 is 2.50 bits per heavy atom. The first-order chi connectivity index (χ1) is 12.5. The normalized spacial score (nSPS) is 10.4. The van der Waals surface area contributed by atoms with Crippen molar-refractivity contribution in [1.82, 2.24) is 0 Å². The van der Waals surface area contributed by atoms with Crippen molar-refractivity contribution in [2.24, 2.45) is 0 Å². The number of nitrogens with one attached hydrogen (secondary N) is 1. The lowest BCUT2D eigenvalue weighted by atomic mass is 9.99. The molecule has 0 aliphatic carbocycles. The highest BCUT2D eigenvalue weighted by atomic mass is 35.5. The molecule has 0 aliphatic heterocycles. The SMILES string of the molecule is COc1ccc(N)c(Nc2ccc(C(=O)c3ccccc3C)c(Cl)c2)c1. The zero-order valence-electron chi connectivity index (χ0n) is 14.5. The fraction of sp³-hybridized carbons (Fsp3) is 0.0952. The Morgan fingerprint density at radius 2 is 1.81 bits per heavy atom. The van der Waals surface area contributed by atoms with Crippen LogP contribution in [0.15, 0.2) is 60.7 Å². The van der Waals surface area contributed by atoms with Gasteiger partial charge in [0.1, 0.15) is 5.75 Å². The number of hydrogen-bond donors (Lipinski definition) is 2. The van der Waals surface area contributed by atoms with Crippen molar-refractivity contribution in [2.45, 2.75) is 6.92 Å². The number of nitrogen functional groups attached to an aromatic ring is 1. The fourth-order valence-electron chi connectivity index (χ4n) is 2.68. The Morgan fingerprint density at radius 1 is 1.04 bits per heavy atom. The number of ketones is 1. The van der Waals surface area contributed by atoms with E-state index in [9.17, 15) is 4.79 Å². The Labute approximate surface area is 157 Å². The van der Waals surface area contributed by atoms with Crippen molar-refractivity contribution in [3.05, 3.63) is 82.4 Å². The molecule has 0 bridgehead atoms. The van der Waals surface area contributed by atoms with Gasteiger partial charge in [-0.1, -0.05) is 35.9 Å². The molecule has 4 nitrogen and oxygen atoms in total. The smallest absolute Gasteiger partial charge is 0.194 e. The Hall–Kier alpha value is -2.98. The molecule has 132 valence electrons. The van der Waals surface area contributed by atoms with Gasteiger partial charge in [0.05, 0.1) is 23.5 Å². The van der Waals surface area contributed by atoms with Crippen LogP contribution in [0.2, 0.25) is 5.02 Å². The molecule has 0 radical (unpaired) electrons. The summed E-state index contributed by atoms with van der Waals surface area (Å²) in [6, 6.07) is 18.0. The summed E-state index contributed by atoms with van der Waals surface area (Å²) in [6.07, 6.45) is 0. The maximum atomic E-state index is 12.8. The van der Waals surface area contributed by atoms with E-state index in [1.165, 1.54) is 0 Å². The molecule has 0 aromatic heterocycles. The minimum absolute atomic E-state index is 0.0967. The predicted octanol–water partition coefficient (Wildman–Crippen LogP) is 5.21. The molecule has 0 amide bonds. The van der Waals surface area contributed by atoms with Gasteiger partial charge in [0, 0.05) is 22.9 Å². The number of halogens is 1. The van der Waals surface area contributed by atoms with Crippen molar-refractivity contribution in [3.8, 4) is 5.75 Å². The van der Waals surface area contributed by atoms with Gasteiger partial charge >= 0.3 is 0 Å². The van der Waals surface area contributed by atoms with Crippen LogP contribution < -0.4 is 15.8 Å². The second kappa shape index (κ2) is 7.50. The van der Waals surface area contributed by atoms with Crippen molar-refractivity contribution < 1.29 is 9.53 Å². The van der Waals surface area contributed by atoms with Gasteiger partial charge < -0.3 is 15.8 Å². The minimum atomic E-state index is -0.0967. The first-order valence-electron chi connectivity index (χ1n) is 8.10. The topological polar surface area (TPSA) is 64.3 Å². The summed E-state index contributed by atoms with van der Waals surface area (Å²) in [6.45, 7) is 1.91. The number of ether oxygens (including phenoxy) is 1. The average Bonchev–Trinajstić information content (AvgIpc) is 2.63. The van der Waals surface area contributed by atoms with Gasteiger partial charge in [0.25, 0.3) is 0 Å². The van der Waals surface area contributed by atoms with Crippen LogP contribution in [-0.4, -0.2) is 12.9 Å². The zero-order chi connectivity index (χ0) is 18.7. The third-order valence-electron chi connectivity index (χ3n) is 4.14. The van der Waals surface area contributed by atoms with Crippen molar-refractivity contribution >= 4 is 34.4 Å². The lowest BCUT2D eigenvalue weighted by Crippen LogP contribution is -2.05. The second-order valence-electron chi connectivity index (χ2n) is 5.92. The number of carbonyl (C=O) groups is 1. The molecule has 0 aliphatic rings. The van der Waals surface area contributed by atoms with E-state index in [1.807, 2.05) is 25.1 Å². The van der Waals surface area contributed by atoms with E-state index < -0.39 is 0 Å². The third kappa shape index (κ3) is 3.65. The van der Waals surface area contributed by atoms with Gasteiger partial charge in [-0.25, -0.2) is 0 Å². The molecule has 0 saturated heterocycles. The minimum Gasteiger partial charge on any atom is -0.497 e. The number of hydrogen-bond acceptors (Lipinski definition) is 4. The number of rotatable bonds is 5. The van der Waals surface area contributed by atoms with E-state index in [-0.39, 0.29) is 5.78 Å². The molecule has 0 saturated carbocycles. The Balaban J connectivity index is 1.89. The van der Waals surface area contributed by atoms with Crippen molar-refractivity contribution in [3.63, 3.8) is 0 Å².